The largest absolute Gasteiger partial charge is 0.393 e. The fraction of sp³-hybridized carbons (Fsp3) is 1.00. The molecule has 1 aliphatic rings. The summed E-state index contributed by atoms with van der Waals surface area (Å²) in [6, 6.07) is 1.06. The van der Waals surface area contributed by atoms with Gasteiger partial charge in [0.2, 0.25) is 0 Å². The summed E-state index contributed by atoms with van der Waals surface area (Å²) in [5.74, 6) is 0.828. The monoisotopic (exact) mass is 292 g/mol. The molecule has 3 nitrogen and oxygen atoms in total. The zero-order valence-electron chi connectivity index (χ0n) is 12.0. The topological polar surface area (TPSA) is 27.7 Å². The van der Waals surface area contributed by atoms with Gasteiger partial charge in [-0.25, -0.2) is 0 Å². The summed E-state index contributed by atoms with van der Waals surface area (Å²) in [5, 5.41) is -0.187. The first-order valence-electron chi connectivity index (χ1n) is 7.23. The number of ether oxygens (including phenoxy) is 1. The molecule has 0 aromatic rings. The molecule has 1 fully saturated rings. The molecule has 0 aliphatic carbocycles. The van der Waals surface area contributed by atoms with Gasteiger partial charge in [0.25, 0.3) is 0 Å². The van der Waals surface area contributed by atoms with Gasteiger partial charge >= 0.3 is 8.56 Å². The van der Waals surface area contributed by atoms with Crippen LogP contribution in [-0.4, -0.2) is 39.4 Å². The molecule has 1 heterocycles. The lowest BCUT2D eigenvalue weighted by Crippen LogP contribution is -2.66. The minimum absolute atomic E-state index is 0.187. The average molecular weight is 293 g/mol. The molecule has 18 heavy (non-hydrogen) atoms. The molecule has 0 radical (unpaired) electrons. The number of hydrogen-bond donors (Lipinski definition) is 1. The molecule has 1 saturated heterocycles. The maximum absolute atomic E-state index is 6.19. The van der Waals surface area contributed by atoms with Crippen LogP contribution in [0.3, 0.4) is 0 Å². The molecule has 0 saturated carbocycles. The molecule has 1 rings (SSSR count). The molecular formula is C13H28O3SSi. The highest BCUT2D eigenvalue weighted by molar-refractivity contribution is 7.80. The van der Waals surface area contributed by atoms with Crippen LogP contribution in [0.15, 0.2) is 0 Å². The lowest BCUT2D eigenvalue weighted by atomic mass is 10.1. The smallest absolute Gasteiger partial charge is 0.371 e. The van der Waals surface area contributed by atoms with Crippen LogP contribution >= 0.6 is 12.6 Å². The molecule has 1 unspecified atom stereocenters. The summed E-state index contributed by atoms with van der Waals surface area (Å²) in [4.78, 5) is 0. The zero-order chi connectivity index (χ0) is 13.5. The molecule has 0 amide bonds. The van der Waals surface area contributed by atoms with E-state index in [1.165, 1.54) is 12.8 Å². The van der Waals surface area contributed by atoms with Crippen molar-refractivity contribution in [1.29, 1.82) is 0 Å². The molecule has 1 atom stereocenters. The summed E-state index contributed by atoms with van der Waals surface area (Å²) in [5.41, 5.74) is 0. The van der Waals surface area contributed by atoms with Crippen molar-refractivity contribution < 1.29 is 13.6 Å². The van der Waals surface area contributed by atoms with E-state index in [2.05, 4.69) is 33.4 Å². The zero-order valence-corrected chi connectivity index (χ0v) is 13.9. The number of thiol groups is 1. The Morgan fingerprint density at radius 3 is 2.22 bits per heavy atom. The summed E-state index contributed by atoms with van der Waals surface area (Å²) >= 11 is 4.42. The van der Waals surface area contributed by atoms with Crippen molar-refractivity contribution in [3.63, 3.8) is 0 Å². The molecule has 0 bridgehead atoms. The van der Waals surface area contributed by atoms with Crippen molar-refractivity contribution in [2.45, 2.75) is 57.7 Å². The summed E-state index contributed by atoms with van der Waals surface area (Å²) in [7, 11) is -2.28. The van der Waals surface area contributed by atoms with Crippen LogP contribution in [0, 0.1) is 0 Å². The van der Waals surface area contributed by atoms with Gasteiger partial charge in [-0.2, -0.15) is 12.6 Å². The Morgan fingerprint density at radius 2 is 1.72 bits per heavy atom. The first-order chi connectivity index (χ1) is 8.70. The Labute approximate surface area is 118 Å². The molecule has 0 aromatic carbocycles. The van der Waals surface area contributed by atoms with Gasteiger partial charge in [0, 0.05) is 19.8 Å². The highest BCUT2D eigenvalue weighted by atomic mass is 32.1. The molecule has 1 aliphatic heterocycles. The van der Waals surface area contributed by atoms with E-state index < -0.39 is 8.56 Å². The molecule has 108 valence electrons. The number of hydrogen-bond acceptors (Lipinski definition) is 4. The lowest BCUT2D eigenvalue weighted by molar-refractivity contribution is -0.0419. The maximum Gasteiger partial charge on any atom is 0.371 e. The molecule has 0 spiro atoms. The Kier molecular flexibility index (Phi) is 7.24. The van der Waals surface area contributed by atoms with Gasteiger partial charge in [-0.15, -0.1) is 0 Å². The SMILES string of the molecule is CCOC1(CCS)CCCC[Si]1(OCC)OCC. The van der Waals surface area contributed by atoms with E-state index in [-0.39, 0.29) is 5.22 Å². The summed E-state index contributed by atoms with van der Waals surface area (Å²) < 4.78 is 18.6. The van der Waals surface area contributed by atoms with E-state index in [4.69, 9.17) is 13.6 Å². The molecule has 0 aromatic heterocycles. The standard InChI is InChI=1S/C13H28O3SSi/c1-4-14-13(10-11-17)9-7-8-12-18(13,15-5-2)16-6-3/h17H,4-12H2,1-3H3. The Morgan fingerprint density at radius 1 is 1.06 bits per heavy atom. The minimum Gasteiger partial charge on any atom is -0.393 e. The summed E-state index contributed by atoms with van der Waals surface area (Å²) in [6.07, 6.45) is 4.42. The second-order valence-corrected chi connectivity index (χ2v) is 8.67. The van der Waals surface area contributed by atoms with Crippen molar-refractivity contribution in [3.8, 4) is 0 Å². The Bertz CT molecular complexity index is 191. The van der Waals surface area contributed by atoms with Crippen LogP contribution in [0.2, 0.25) is 6.04 Å². The van der Waals surface area contributed by atoms with Gasteiger partial charge in [0.15, 0.2) is 0 Å². The quantitative estimate of drug-likeness (QED) is 0.549. The van der Waals surface area contributed by atoms with Gasteiger partial charge in [-0.1, -0.05) is 12.8 Å². The van der Waals surface area contributed by atoms with Crippen LogP contribution in [0.25, 0.3) is 0 Å². The fourth-order valence-electron chi connectivity index (χ4n) is 3.13. The van der Waals surface area contributed by atoms with Crippen LogP contribution < -0.4 is 0 Å². The van der Waals surface area contributed by atoms with E-state index in [9.17, 15) is 0 Å². The van der Waals surface area contributed by atoms with Gasteiger partial charge in [0.05, 0.1) is 0 Å². The van der Waals surface area contributed by atoms with Crippen molar-refractivity contribution in [2.24, 2.45) is 0 Å². The van der Waals surface area contributed by atoms with Crippen LogP contribution in [-0.2, 0) is 13.6 Å². The second-order valence-electron chi connectivity index (χ2n) is 4.73. The predicted molar refractivity (Wildman–Crippen MR) is 80.5 cm³/mol. The van der Waals surface area contributed by atoms with Crippen LogP contribution in [0.5, 0.6) is 0 Å². The first-order valence-corrected chi connectivity index (χ1v) is 9.88. The average Bonchev–Trinajstić information content (AvgIpc) is 2.34. The fourth-order valence-corrected chi connectivity index (χ4v) is 8.13. The van der Waals surface area contributed by atoms with E-state index in [1.807, 2.05) is 0 Å². The van der Waals surface area contributed by atoms with E-state index >= 15 is 0 Å². The molecule has 0 N–H and O–H groups in total. The second kappa shape index (κ2) is 7.90. The lowest BCUT2D eigenvalue weighted by Gasteiger charge is -2.49. The van der Waals surface area contributed by atoms with E-state index in [0.29, 0.717) is 13.2 Å². The third kappa shape index (κ3) is 3.31. The van der Waals surface area contributed by atoms with Crippen molar-refractivity contribution in [3.05, 3.63) is 0 Å². The third-order valence-corrected chi connectivity index (χ3v) is 8.50. The van der Waals surface area contributed by atoms with Crippen molar-refractivity contribution in [2.75, 3.05) is 25.6 Å². The first kappa shape index (κ1) is 16.5. The van der Waals surface area contributed by atoms with Crippen molar-refractivity contribution >= 4 is 21.2 Å². The minimum atomic E-state index is -2.28. The predicted octanol–water partition coefficient (Wildman–Crippen LogP) is 3.32. The maximum atomic E-state index is 6.19. The normalized spacial score (nSPS) is 27.3. The Hall–Kier alpha value is 0.447. The van der Waals surface area contributed by atoms with Crippen LogP contribution in [0.1, 0.15) is 46.5 Å². The highest BCUT2D eigenvalue weighted by Crippen LogP contribution is 2.43. The van der Waals surface area contributed by atoms with E-state index in [1.54, 1.807) is 0 Å². The summed E-state index contributed by atoms with van der Waals surface area (Å²) in [6.45, 7) is 8.33. The van der Waals surface area contributed by atoms with Gasteiger partial charge in [0.1, 0.15) is 5.22 Å². The van der Waals surface area contributed by atoms with Crippen LogP contribution in [0.4, 0.5) is 0 Å². The molecular weight excluding hydrogens is 264 g/mol. The molecule has 5 heteroatoms. The highest BCUT2D eigenvalue weighted by Gasteiger charge is 2.59. The van der Waals surface area contributed by atoms with Gasteiger partial charge in [-0.3, -0.25) is 0 Å². The van der Waals surface area contributed by atoms with E-state index in [0.717, 1.165) is 31.2 Å². The van der Waals surface area contributed by atoms with Gasteiger partial charge < -0.3 is 13.6 Å². The number of rotatable bonds is 8. The Balaban J connectivity index is 3.02. The van der Waals surface area contributed by atoms with Gasteiger partial charge in [-0.05, 0) is 45.4 Å². The third-order valence-electron chi connectivity index (χ3n) is 3.72. The van der Waals surface area contributed by atoms with Crippen molar-refractivity contribution in [1.82, 2.24) is 0 Å².